The molecular weight excluding hydrogens is 218 g/mol. The van der Waals surface area contributed by atoms with E-state index in [1.165, 1.54) is 0 Å². The lowest BCUT2D eigenvalue weighted by Gasteiger charge is -2.20. The van der Waals surface area contributed by atoms with Crippen molar-refractivity contribution in [2.45, 2.75) is 12.8 Å². The van der Waals surface area contributed by atoms with Gasteiger partial charge in [0.25, 0.3) is 0 Å². The predicted octanol–water partition coefficient (Wildman–Crippen LogP) is 1.60. The van der Waals surface area contributed by atoms with Crippen LogP contribution in [0.2, 0.25) is 0 Å². The van der Waals surface area contributed by atoms with Crippen LogP contribution < -0.4 is 14.8 Å². The van der Waals surface area contributed by atoms with E-state index < -0.39 is 0 Å². The number of piperidine rings is 1. The van der Waals surface area contributed by atoms with Crippen LogP contribution >= 0.6 is 0 Å². The Morgan fingerprint density at radius 2 is 2.24 bits per heavy atom. The van der Waals surface area contributed by atoms with Gasteiger partial charge in [0.2, 0.25) is 0 Å². The Hall–Kier alpha value is -1.55. The monoisotopic (exact) mass is 235 g/mol. The van der Waals surface area contributed by atoms with Crippen molar-refractivity contribution >= 4 is 5.97 Å². The Labute approximate surface area is 101 Å². The van der Waals surface area contributed by atoms with Crippen molar-refractivity contribution in [3.8, 4) is 11.5 Å². The van der Waals surface area contributed by atoms with Crippen LogP contribution in [-0.2, 0) is 4.79 Å². The summed E-state index contributed by atoms with van der Waals surface area (Å²) in [6.07, 6.45) is 1.92. The molecule has 1 aliphatic rings. The van der Waals surface area contributed by atoms with Gasteiger partial charge in [-0.15, -0.1) is 0 Å². The first-order valence-electron chi connectivity index (χ1n) is 5.86. The lowest BCUT2D eigenvalue weighted by Crippen LogP contribution is -2.36. The Balaban J connectivity index is 1.96. The lowest BCUT2D eigenvalue weighted by molar-refractivity contribution is -0.139. The van der Waals surface area contributed by atoms with Crippen LogP contribution in [0.25, 0.3) is 0 Å². The molecule has 17 heavy (non-hydrogen) atoms. The zero-order valence-electron chi connectivity index (χ0n) is 9.94. The Kier molecular flexibility index (Phi) is 3.98. The van der Waals surface area contributed by atoms with Gasteiger partial charge in [0, 0.05) is 12.6 Å². The van der Waals surface area contributed by atoms with Crippen molar-refractivity contribution in [2.24, 2.45) is 5.92 Å². The number of carbonyl (C=O) groups excluding carboxylic acids is 1. The van der Waals surface area contributed by atoms with Gasteiger partial charge in [-0.1, -0.05) is 6.07 Å². The largest absolute Gasteiger partial charge is 0.497 e. The van der Waals surface area contributed by atoms with E-state index >= 15 is 0 Å². The maximum Gasteiger partial charge on any atom is 0.315 e. The van der Waals surface area contributed by atoms with Crippen molar-refractivity contribution in [1.82, 2.24) is 5.32 Å². The van der Waals surface area contributed by atoms with Crippen LogP contribution in [0, 0.1) is 5.92 Å². The van der Waals surface area contributed by atoms with Crippen molar-refractivity contribution in [3.63, 3.8) is 0 Å². The SMILES string of the molecule is COc1cccc(OC(=O)C2CCCNC2)c1. The molecule has 1 N–H and O–H groups in total. The number of nitrogens with one attached hydrogen (secondary N) is 1. The van der Waals surface area contributed by atoms with E-state index in [9.17, 15) is 4.79 Å². The summed E-state index contributed by atoms with van der Waals surface area (Å²) in [6.45, 7) is 1.70. The maximum atomic E-state index is 11.9. The Bertz CT molecular complexity index is 386. The summed E-state index contributed by atoms with van der Waals surface area (Å²) in [5.74, 6) is 1.04. The van der Waals surface area contributed by atoms with E-state index in [0.29, 0.717) is 18.0 Å². The number of methoxy groups -OCH3 is 1. The maximum absolute atomic E-state index is 11.9. The molecule has 1 heterocycles. The molecule has 1 atom stereocenters. The first-order valence-corrected chi connectivity index (χ1v) is 5.86. The average molecular weight is 235 g/mol. The minimum atomic E-state index is -0.162. The van der Waals surface area contributed by atoms with Crippen LogP contribution in [0.4, 0.5) is 0 Å². The average Bonchev–Trinajstić information content (AvgIpc) is 2.40. The van der Waals surface area contributed by atoms with Gasteiger partial charge in [0.05, 0.1) is 13.0 Å². The molecule has 1 aromatic rings. The summed E-state index contributed by atoms with van der Waals surface area (Å²) < 4.78 is 10.4. The number of hydrogen-bond donors (Lipinski definition) is 1. The first kappa shape index (κ1) is 11.9. The molecule has 0 bridgehead atoms. The normalized spacial score (nSPS) is 19.7. The first-order chi connectivity index (χ1) is 8.29. The molecule has 4 heteroatoms. The zero-order chi connectivity index (χ0) is 12.1. The third-order valence-corrected chi connectivity index (χ3v) is 2.89. The highest BCUT2D eigenvalue weighted by Gasteiger charge is 2.22. The van der Waals surface area contributed by atoms with Crippen molar-refractivity contribution in [2.75, 3.05) is 20.2 Å². The zero-order valence-corrected chi connectivity index (χ0v) is 9.94. The highest BCUT2D eigenvalue weighted by molar-refractivity contribution is 5.75. The summed E-state index contributed by atoms with van der Waals surface area (Å²) >= 11 is 0. The van der Waals surface area contributed by atoms with Crippen LogP contribution in [0.5, 0.6) is 11.5 Å². The summed E-state index contributed by atoms with van der Waals surface area (Å²) in [4.78, 5) is 11.9. The minimum Gasteiger partial charge on any atom is -0.497 e. The molecule has 1 saturated heterocycles. The standard InChI is InChI=1S/C13H17NO3/c1-16-11-5-2-6-12(8-11)17-13(15)10-4-3-7-14-9-10/h2,5-6,8,10,14H,3-4,7,9H2,1H3. The molecule has 1 aliphatic heterocycles. The third kappa shape index (κ3) is 3.20. The molecule has 4 nitrogen and oxygen atoms in total. The van der Waals surface area contributed by atoms with Crippen molar-refractivity contribution < 1.29 is 14.3 Å². The van der Waals surface area contributed by atoms with E-state index in [1.54, 1.807) is 25.3 Å². The van der Waals surface area contributed by atoms with E-state index in [4.69, 9.17) is 9.47 Å². The Morgan fingerprint density at radius 1 is 1.41 bits per heavy atom. The van der Waals surface area contributed by atoms with Gasteiger partial charge in [-0.05, 0) is 31.5 Å². The van der Waals surface area contributed by atoms with Gasteiger partial charge in [-0.25, -0.2) is 0 Å². The fourth-order valence-corrected chi connectivity index (χ4v) is 1.92. The second-order valence-corrected chi connectivity index (χ2v) is 4.14. The Morgan fingerprint density at radius 3 is 2.94 bits per heavy atom. The lowest BCUT2D eigenvalue weighted by atomic mass is 10.0. The summed E-state index contributed by atoms with van der Waals surface area (Å²) in [7, 11) is 1.59. The number of benzene rings is 1. The van der Waals surface area contributed by atoms with Gasteiger partial charge in [-0.2, -0.15) is 0 Å². The summed E-state index contributed by atoms with van der Waals surface area (Å²) in [6, 6.07) is 7.10. The van der Waals surface area contributed by atoms with Crippen LogP contribution in [-0.4, -0.2) is 26.2 Å². The van der Waals surface area contributed by atoms with Gasteiger partial charge < -0.3 is 14.8 Å². The van der Waals surface area contributed by atoms with Crippen molar-refractivity contribution in [3.05, 3.63) is 24.3 Å². The highest BCUT2D eigenvalue weighted by Crippen LogP contribution is 2.21. The molecule has 1 unspecified atom stereocenters. The molecule has 0 spiro atoms. The van der Waals surface area contributed by atoms with Crippen LogP contribution in [0.15, 0.2) is 24.3 Å². The van der Waals surface area contributed by atoms with Crippen LogP contribution in [0.3, 0.4) is 0 Å². The number of hydrogen-bond acceptors (Lipinski definition) is 4. The fraction of sp³-hybridized carbons (Fsp3) is 0.462. The van der Waals surface area contributed by atoms with E-state index in [2.05, 4.69) is 5.32 Å². The number of esters is 1. The van der Waals surface area contributed by atoms with E-state index in [1.807, 2.05) is 6.07 Å². The molecule has 0 radical (unpaired) electrons. The molecule has 0 aliphatic carbocycles. The topological polar surface area (TPSA) is 47.6 Å². The second kappa shape index (κ2) is 5.68. The second-order valence-electron chi connectivity index (χ2n) is 4.14. The van der Waals surface area contributed by atoms with Crippen LogP contribution in [0.1, 0.15) is 12.8 Å². The number of ether oxygens (including phenoxy) is 2. The van der Waals surface area contributed by atoms with Gasteiger partial charge in [0.15, 0.2) is 0 Å². The minimum absolute atomic E-state index is 0.0325. The number of carbonyl (C=O) groups is 1. The third-order valence-electron chi connectivity index (χ3n) is 2.89. The van der Waals surface area contributed by atoms with Gasteiger partial charge in [0.1, 0.15) is 11.5 Å². The van der Waals surface area contributed by atoms with Gasteiger partial charge in [-0.3, -0.25) is 4.79 Å². The van der Waals surface area contributed by atoms with Gasteiger partial charge >= 0.3 is 5.97 Å². The van der Waals surface area contributed by atoms with E-state index in [-0.39, 0.29) is 11.9 Å². The molecule has 1 fully saturated rings. The fourth-order valence-electron chi connectivity index (χ4n) is 1.92. The smallest absolute Gasteiger partial charge is 0.315 e. The van der Waals surface area contributed by atoms with Crippen molar-refractivity contribution in [1.29, 1.82) is 0 Å². The highest BCUT2D eigenvalue weighted by atomic mass is 16.5. The number of rotatable bonds is 3. The summed E-state index contributed by atoms with van der Waals surface area (Å²) in [5, 5.41) is 3.20. The summed E-state index contributed by atoms with van der Waals surface area (Å²) in [5.41, 5.74) is 0. The molecule has 0 amide bonds. The molecule has 1 aromatic carbocycles. The molecule has 92 valence electrons. The molecular formula is C13H17NO3. The van der Waals surface area contributed by atoms with E-state index in [0.717, 1.165) is 19.4 Å². The molecule has 0 aromatic heterocycles. The molecule has 0 saturated carbocycles. The predicted molar refractivity (Wildman–Crippen MR) is 64.2 cm³/mol. The molecule has 2 rings (SSSR count). The quantitative estimate of drug-likeness (QED) is 0.638.